The van der Waals surface area contributed by atoms with Crippen molar-refractivity contribution in [1.29, 1.82) is 0 Å². The first-order valence-corrected chi connectivity index (χ1v) is 3.88. The van der Waals surface area contributed by atoms with Crippen molar-refractivity contribution in [2.24, 2.45) is 5.92 Å². The summed E-state index contributed by atoms with van der Waals surface area (Å²) in [6.07, 6.45) is 0. The number of carbonyl (C=O) groups is 1. The number of hydrogen-bond donors (Lipinski definition) is 3. The molecule has 1 fully saturated rings. The van der Waals surface area contributed by atoms with E-state index in [9.17, 15) is 4.79 Å². The van der Waals surface area contributed by atoms with E-state index in [0.717, 1.165) is 19.6 Å². The zero-order valence-electron chi connectivity index (χ0n) is 6.63. The van der Waals surface area contributed by atoms with Crippen molar-refractivity contribution in [2.75, 3.05) is 19.6 Å². The van der Waals surface area contributed by atoms with Gasteiger partial charge in [-0.3, -0.25) is 4.79 Å². The van der Waals surface area contributed by atoms with Crippen LogP contribution >= 0.6 is 0 Å². The van der Waals surface area contributed by atoms with Gasteiger partial charge in [-0.05, 0) is 0 Å². The normalized spacial score (nSPS) is 27.9. The van der Waals surface area contributed by atoms with Gasteiger partial charge in [0, 0.05) is 25.7 Å². The monoisotopic (exact) mass is 158 g/mol. The van der Waals surface area contributed by atoms with Crippen LogP contribution in [0.3, 0.4) is 0 Å². The van der Waals surface area contributed by atoms with E-state index in [1.165, 1.54) is 0 Å². The Kier molecular flexibility index (Phi) is 2.84. The van der Waals surface area contributed by atoms with Crippen LogP contribution in [-0.4, -0.2) is 36.8 Å². The molecule has 4 nitrogen and oxygen atoms in total. The Hall–Kier alpha value is -0.610. The number of carboxylic acid groups (broad SMARTS) is 1. The zero-order valence-corrected chi connectivity index (χ0v) is 6.63. The number of hydrogen-bond acceptors (Lipinski definition) is 3. The Morgan fingerprint density at radius 2 is 2.36 bits per heavy atom. The SMILES string of the molecule is CC(C(=O)O)C1CNCCN1. The predicted octanol–water partition coefficient (Wildman–Crippen LogP) is -0.731. The first-order valence-electron chi connectivity index (χ1n) is 3.88. The summed E-state index contributed by atoms with van der Waals surface area (Å²) in [4.78, 5) is 10.5. The smallest absolute Gasteiger partial charge is 0.307 e. The predicted molar refractivity (Wildman–Crippen MR) is 41.5 cm³/mol. The fourth-order valence-corrected chi connectivity index (χ4v) is 1.20. The molecule has 1 saturated heterocycles. The Labute approximate surface area is 66.0 Å². The molecule has 1 rings (SSSR count). The summed E-state index contributed by atoms with van der Waals surface area (Å²) in [5.41, 5.74) is 0. The van der Waals surface area contributed by atoms with Gasteiger partial charge in [-0.2, -0.15) is 0 Å². The molecule has 0 aromatic heterocycles. The maximum Gasteiger partial charge on any atom is 0.307 e. The Morgan fingerprint density at radius 3 is 2.82 bits per heavy atom. The fraction of sp³-hybridized carbons (Fsp3) is 0.857. The van der Waals surface area contributed by atoms with E-state index in [4.69, 9.17) is 5.11 Å². The third-order valence-corrected chi connectivity index (χ3v) is 2.07. The number of rotatable bonds is 2. The van der Waals surface area contributed by atoms with Crippen molar-refractivity contribution in [1.82, 2.24) is 10.6 Å². The Morgan fingerprint density at radius 1 is 1.64 bits per heavy atom. The highest BCUT2D eigenvalue weighted by Crippen LogP contribution is 2.03. The lowest BCUT2D eigenvalue weighted by Gasteiger charge is -2.27. The van der Waals surface area contributed by atoms with Crippen molar-refractivity contribution in [3.05, 3.63) is 0 Å². The largest absolute Gasteiger partial charge is 0.481 e. The minimum absolute atomic E-state index is 0.0845. The van der Waals surface area contributed by atoms with Gasteiger partial charge in [0.15, 0.2) is 0 Å². The van der Waals surface area contributed by atoms with Crippen LogP contribution in [0.1, 0.15) is 6.92 Å². The number of aliphatic carboxylic acids is 1. The number of carboxylic acids is 1. The molecule has 2 unspecified atom stereocenters. The molecule has 2 atom stereocenters. The maximum absolute atomic E-state index is 10.5. The van der Waals surface area contributed by atoms with Crippen LogP contribution in [0.2, 0.25) is 0 Å². The molecule has 0 aliphatic carbocycles. The average molecular weight is 158 g/mol. The molecular formula is C7H14N2O2. The van der Waals surface area contributed by atoms with Gasteiger partial charge in [-0.15, -0.1) is 0 Å². The van der Waals surface area contributed by atoms with E-state index in [0.29, 0.717) is 0 Å². The van der Waals surface area contributed by atoms with Gasteiger partial charge >= 0.3 is 5.97 Å². The molecular weight excluding hydrogens is 144 g/mol. The van der Waals surface area contributed by atoms with Crippen LogP contribution in [0, 0.1) is 5.92 Å². The van der Waals surface area contributed by atoms with Gasteiger partial charge in [-0.25, -0.2) is 0 Å². The van der Waals surface area contributed by atoms with E-state index in [1.807, 2.05) is 0 Å². The zero-order chi connectivity index (χ0) is 8.27. The molecule has 4 heteroatoms. The van der Waals surface area contributed by atoms with Crippen molar-refractivity contribution >= 4 is 5.97 Å². The van der Waals surface area contributed by atoms with Crippen molar-refractivity contribution in [3.63, 3.8) is 0 Å². The third kappa shape index (κ3) is 2.17. The third-order valence-electron chi connectivity index (χ3n) is 2.07. The minimum Gasteiger partial charge on any atom is -0.481 e. The van der Waals surface area contributed by atoms with Crippen LogP contribution in [0.5, 0.6) is 0 Å². The molecule has 1 aliphatic heterocycles. The molecule has 0 saturated carbocycles. The lowest BCUT2D eigenvalue weighted by molar-refractivity contribution is -0.142. The van der Waals surface area contributed by atoms with Crippen LogP contribution in [0.4, 0.5) is 0 Å². The molecule has 1 aliphatic rings. The molecule has 0 bridgehead atoms. The second-order valence-electron chi connectivity index (χ2n) is 2.89. The Bertz CT molecular complexity index is 143. The fourth-order valence-electron chi connectivity index (χ4n) is 1.20. The van der Waals surface area contributed by atoms with E-state index in [1.54, 1.807) is 6.92 Å². The van der Waals surface area contributed by atoms with Gasteiger partial charge in [0.2, 0.25) is 0 Å². The average Bonchev–Trinajstić information content (AvgIpc) is 2.05. The van der Waals surface area contributed by atoms with E-state index in [2.05, 4.69) is 10.6 Å². The standard InChI is InChI=1S/C7H14N2O2/c1-5(7(10)11)6-4-8-2-3-9-6/h5-6,8-9H,2-4H2,1H3,(H,10,11). The van der Waals surface area contributed by atoms with Crippen LogP contribution < -0.4 is 10.6 Å². The lowest BCUT2D eigenvalue weighted by Crippen LogP contribution is -2.52. The van der Waals surface area contributed by atoms with Gasteiger partial charge in [0.1, 0.15) is 0 Å². The Balaban J connectivity index is 2.38. The van der Waals surface area contributed by atoms with Crippen molar-refractivity contribution in [2.45, 2.75) is 13.0 Å². The van der Waals surface area contributed by atoms with E-state index in [-0.39, 0.29) is 12.0 Å². The molecule has 3 N–H and O–H groups in total. The summed E-state index contributed by atoms with van der Waals surface area (Å²) in [6.45, 7) is 4.28. The second kappa shape index (κ2) is 3.69. The van der Waals surface area contributed by atoms with Crippen molar-refractivity contribution < 1.29 is 9.90 Å². The molecule has 0 spiro atoms. The first kappa shape index (κ1) is 8.49. The molecule has 1 heterocycles. The van der Waals surface area contributed by atoms with Crippen LogP contribution in [0.25, 0.3) is 0 Å². The second-order valence-corrected chi connectivity index (χ2v) is 2.89. The van der Waals surface area contributed by atoms with Gasteiger partial charge in [0.25, 0.3) is 0 Å². The molecule has 0 aromatic rings. The summed E-state index contributed by atoms with van der Waals surface area (Å²) in [7, 11) is 0. The summed E-state index contributed by atoms with van der Waals surface area (Å²) in [5.74, 6) is -1.03. The lowest BCUT2D eigenvalue weighted by atomic mass is 10.0. The van der Waals surface area contributed by atoms with Gasteiger partial charge < -0.3 is 15.7 Å². The maximum atomic E-state index is 10.5. The van der Waals surface area contributed by atoms with Crippen LogP contribution in [0.15, 0.2) is 0 Å². The highest BCUT2D eigenvalue weighted by molar-refractivity contribution is 5.70. The molecule has 0 radical (unpaired) electrons. The minimum atomic E-state index is -0.730. The summed E-state index contributed by atoms with van der Waals surface area (Å²) < 4.78 is 0. The first-order chi connectivity index (χ1) is 5.22. The van der Waals surface area contributed by atoms with E-state index < -0.39 is 5.97 Å². The molecule has 0 amide bonds. The quantitative estimate of drug-likeness (QED) is 0.496. The van der Waals surface area contributed by atoms with Crippen molar-refractivity contribution in [3.8, 4) is 0 Å². The van der Waals surface area contributed by atoms with Gasteiger partial charge in [0.05, 0.1) is 5.92 Å². The molecule has 0 aromatic carbocycles. The number of piperazine rings is 1. The number of nitrogens with one attached hydrogen (secondary N) is 2. The summed E-state index contributed by atoms with van der Waals surface area (Å²) >= 11 is 0. The van der Waals surface area contributed by atoms with Gasteiger partial charge in [-0.1, -0.05) is 6.92 Å². The summed E-state index contributed by atoms with van der Waals surface area (Å²) in [5, 5.41) is 15.0. The highest BCUT2D eigenvalue weighted by Gasteiger charge is 2.24. The van der Waals surface area contributed by atoms with E-state index >= 15 is 0 Å². The molecule has 11 heavy (non-hydrogen) atoms. The summed E-state index contributed by atoms with van der Waals surface area (Å²) in [6, 6.07) is 0.0845. The molecule has 64 valence electrons. The highest BCUT2D eigenvalue weighted by atomic mass is 16.4. The van der Waals surface area contributed by atoms with Crippen LogP contribution in [-0.2, 0) is 4.79 Å². The topological polar surface area (TPSA) is 61.4 Å².